The number of allylic oxidation sites excluding steroid dienone is 16. The molecule has 0 aliphatic carbocycles. The molecule has 0 spiro atoms. The third-order valence-electron chi connectivity index (χ3n) is 20.2. The van der Waals surface area contributed by atoms with Gasteiger partial charge in [-0.05, 0) is 90.4 Å². The van der Waals surface area contributed by atoms with E-state index >= 15 is 0 Å². The lowest BCUT2D eigenvalue weighted by Crippen LogP contribution is -1.83. The molecule has 0 aliphatic rings. The number of hydrogen-bond acceptors (Lipinski definition) is 0. The average Bonchev–Trinajstić information content (AvgIpc) is 3.75. The predicted molar refractivity (Wildman–Crippen MR) is 492 cm³/mol. The number of unbranched alkanes of at least 4 members (excludes halogenated alkanes) is 63. The Labute approximate surface area is 664 Å². The van der Waals surface area contributed by atoms with Gasteiger partial charge < -0.3 is 0 Å². The van der Waals surface area contributed by atoms with E-state index in [1.807, 2.05) is 0 Å². The molecule has 0 rings (SSSR count). The summed E-state index contributed by atoms with van der Waals surface area (Å²) in [6.07, 6.45) is 143. The topological polar surface area (TPSA) is 0 Å². The maximum atomic E-state index is 2.41. The Kier molecular flexibility index (Phi) is 135. The van der Waals surface area contributed by atoms with Crippen LogP contribution in [0.1, 0.15) is 571 Å². The van der Waals surface area contributed by atoms with Crippen molar-refractivity contribution in [3.63, 3.8) is 0 Å². The molecule has 0 unspecified atom stereocenters. The molecular weight excluding hydrogens is 1250 g/mol. The number of hydrogen-bond donors (Lipinski definition) is 0. The minimum Gasteiger partial charge on any atom is -0.0917 e. The van der Waals surface area contributed by atoms with Crippen molar-refractivity contribution in [2.75, 3.05) is 0 Å². The van der Waals surface area contributed by atoms with Gasteiger partial charge in [0.15, 0.2) is 0 Å². The molecule has 0 bridgehead atoms. The first-order valence-electron chi connectivity index (χ1n) is 48.6. The molecule has 0 aromatic rings. The minimum absolute atomic E-state index is 1.04. The summed E-state index contributed by atoms with van der Waals surface area (Å²) < 4.78 is 0. The lowest BCUT2D eigenvalue weighted by Gasteiger charge is -2.03. The lowest BCUT2D eigenvalue weighted by atomic mass is 10.0. The average molecular weight is 1450 g/mol. The Balaban J connectivity index is -0.000000279. The molecule has 0 aromatic heterocycles. The van der Waals surface area contributed by atoms with Crippen molar-refractivity contribution in [3.05, 3.63) is 97.2 Å². The molecule has 0 aliphatic heterocycles. The van der Waals surface area contributed by atoms with E-state index < -0.39 is 0 Å². The molecule has 0 nitrogen and oxygen atoms in total. The number of rotatable bonds is 78. The van der Waals surface area contributed by atoms with Gasteiger partial charge in [-0.15, -0.1) is 0 Å². The van der Waals surface area contributed by atoms with E-state index in [2.05, 4.69) is 180 Å². The van der Waals surface area contributed by atoms with Crippen LogP contribution in [0.3, 0.4) is 0 Å². The fourth-order valence-electron chi connectivity index (χ4n) is 13.0. The van der Waals surface area contributed by atoms with Crippen LogP contribution >= 0.6 is 0 Å². The van der Waals surface area contributed by atoms with Gasteiger partial charge in [0.2, 0.25) is 0 Å². The Morgan fingerprint density at radius 1 is 0.115 bits per heavy atom. The summed E-state index contributed by atoms with van der Waals surface area (Å²) in [5.41, 5.74) is 0. The molecule has 0 saturated heterocycles. The molecule has 0 atom stereocenters. The third kappa shape index (κ3) is 139. The fourth-order valence-corrected chi connectivity index (χ4v) is 13.0. The standard InChI is InChI=1S/C22H34.C18H38.C18H36.C16H34.C16H32.C14H30/c1-3-5-7-9-11-13-15-17-19-21-22-20-18-16-14-12-10-8-6-4-2;2*1-3-5-7-9-11-13-15-17-18-16-14-12-10-8-6-4-2;2*1-3-5-7-9-11-13-15-16-14-12-10-8-6-4-2;1-3-5-7-9-11-13-14-12-10-8-6-4-2/h5,7-8,10-11,13-14,16-17,19-20,22H,3-4,6,9,12,15,18,21H2,1-2H3;3-18H2,1-2H3;17-18H,3-16H2,1-2H3;3-16H2,1-2H3;3,5H,4,6-16H2,1-2H3;3-14H2,1-2H3/b7-5-,10-8-,13-11-,16-14-,19-17-,22-20-;;18-17-;;5-3-;. The minimum atomic E-state index is 1.04. The second-order valence-electron chi connectivity index (χ2n) is 31.4. The second kappa shape index (κ2) is 125. The molecule has 0 amide bonds. The van der Waals surface area contributed by atoms with Gasteiger partial charge in [-0.25, -0.2) is 0 Å². The monoisotopic (exact) mass is 1450 g/mol. The summed E-state index contributed by atoms with van der Waals surface area (Å²) in [5.74, 6) is 0. The molecule has 620 valence electrons. The molecule has 0 radical (unpaired) electrons. The maximum absolute atomic E-state index is 2.41. The van der Waals surface area contributed by atoms with Crippen molar-refractivity contribution in [1.29, 1.82) is 0 Å². The molecule has 104 heavy (non-hydrogen) atoms. The molecule has 0 fully saturated rings. The summed E-state index contributed by atoms with van der Waals surface area (Å²) in [6.45, 7) is 27.1. The van der Waals surface area contributed by atoms with Gasteiger partial charge in [0, 0.05) is 0 Å². The van der Waals surface area contributed by atoms with Gasteiger partial charge >= 0.3 is 0 Å². The van der Waals surface area contributed by atoms with Gasteiger partial charge in [0.25, 0.3) is 0 Å². The van der Waals surface area contributed by atoms with Crippen molar-refractivity contribution in [1.82, 2.24) is 0 Å². The molecule has 0 heterocycles. The molecule has 0 heteroatoms. The van der Waals surface area contributed by atoms with E-state index in [0.29, 0.717) is 0 Å². The summed E-state index contributed by atoms with van der Waals surface area (Å²) in [4.78, 5) is 0. The zero-order chi connectivity index (χ0) is 77.1. The second-order valence-corrected chi connectivity index (χ2v) is 31.4. The first-order chi connectivity index (χ1) is 51.5. The van der Waals surface area contributed by atoms with Gasteiger partial charge in [-0.1, -0.05) is 578 Å². The zero-order valence-electron chi connectivity index (χ0n) is 75.0. The van der Waals surface area contributed by atoms with Crippen LogP contribution in [0.15, 0.2) is 97.2 Å². The normalized spacial score (nSPS) is 11.6. The van der Waals surface area contributed by atoms with E-state index in [-0.39, 0.29) is 0 Å². The van der Waals surface area contributed by atoms with Gasteiger partial charge in [-0.2, -0.15) is 0 Å². The fraction of sp³-hybridized carbons (Fsp3) is 0.846. The van der Waals surface area contributed by atoms with Crippen LogP contribution in [0, 0.1) is 0 Å². The molecule has 0 aromatic carbocycles. The van der Waals surface area contributed by atoms with Crippen LogP contribution in [0.4, 0.5) is 0 Å². The third-order valence-corrected chi connectivity index (χ3v) is 20.2. The lowest BCUT2D eigenvalue weighted by molar-refractivity contribution is 0.531. The van der Waals surface area contributed by atoms with Crippen LogP contribution in [-0.4, -0.2) is 0 Å². The van der Waals surface area contributed by atoms with Crippen molar-refractivity contribution >= 4 is 0 Å². The highest BCUT2D eigenvalue weighted by molar-refractivity contribution is 5.01. The Morgan fingerprint density at radius 3 is 0.404 bits per heavy atom. The maximum Gasteiger partial charge on any atom is -0.0169 e. The van der Waals surface area contributed by atoms with E-state index in [9.17, 15) is 0 Å². The molecular formula is C104H204. The molecule has 0 N–H and O–H groups in total. The summed E-state index contributed by atoms with van der Waals surface area (Å²) in [6, 6.07) is 0. The van der Waals surface area contributed by atoms with Crippen LogP contribution in [0.5, 0.6) is 0 Å². The van der Waals surface area contributed by atoms with Crippen molar-refractivity contribution < 1.29 is 0 Å². The van der Waals surface area contributed by atoms with E-state index in [0.717, 1.165) is 38.5 Å². The largest absolute Gasteiger partial charge is 0.0917 e. The zero-order valence-corrected chi connectivity index (χ0v) is 75.0. The Bertz CT molecular complexity index is 1500. The van der Waals surface area contributed by atoms with Gasteiger partial charge in [0.1, 0.15) is 0 Å². The Morgan fingerprint density at radius 2 is 0.250 bits per heavy atom. The summed E-state index contributed by atoms with van der Waals surface area (Å²) in [7, 11) is 0. The highest BCUT2D eigenvalue weighted by atomic mass is 14.0. The van der Waals surface area contributed by atoms with E-state index in [1.54, 1.807) is 0 Å². The quantitative estimate of drug-likeness (QED) is 0.0421. The van der Waals surface area contributed by atoms with Crippen LogP contribution in [-0.2, 0) is 0 Å². The first kappa shape index (κ1) is 113. The van der Waals surface area contributed by atoms with Gasteiger partial charge in [0.05, 0.1) is 0 Å². The SMILES string of the molecule is C/C=C\CCCCCCCCCCCCC.CC/C=C\C/C=C\C/C=C\C/C=C\C/C=C\C/C=C\CCC.CCCCCCCC/C=C\CCCCCCCC.CCCCCCCCCCCCCC.CCCCCCCCCCCCCCCC.CCCCCCCCCCCCCCCCCC. The highest BCUT2D eigenvalue weighted by Gasteiger charge is 1.98. The van der Waals surface area contributed by atoms with Crippen LogP contribution in [0.2, 0.25) is 0 Å². The van der Waals surface area contributed by atoms with Crippen LogP contribution in [0.25, 0.3) is 0 Å². The van der Waals surface area contributed by atoms with E-state index in [4.69, 9.17) is 0 Å². The van der Waals surface area contributed by atoms with Crippen molar-refractivity contribution in [2.45, 2.75) is 571 Å². The predicted octanol–water partition coefficient (Wildman–Crippen LogP) is 40.3. The van der Waals surface area contributed by atoms with Gasteiger partial charge in [-0.3, -0.25) is 0 Å². The highest BCUT2D eigenvalue weighted by Crippen LogP contribution is 2.18. The van der Waals surface area contributed by atoms with Crippen LogP contribution < -0.4 is 0 Å². The van der Waals surface area contributed by atoms with E-state index in [1.165, 1.54) is 449 Å². The summed E-state index contributed by atoms with van der Waals surface area (Å²) >= 11 is 0. The van der Waals surface area contributed by atoms with Crippen molar-refractivity contribution in [3.8, 4) is 0 Å². The molecule has 0 saturated carbocycles. The smallest absolute Gasteiger partial charge is 0.0169 e. The Hall–Kier alpha value is -2.08. The summed E-state index contributed by atoms with van der Waals surface area (Å²) in [5, 5.41) is 0. The van der Waals surface area contributed by atoms with Crippen molar-refractivity contribution in [2.24, 2.45) is 0 Å². The first-order valence-corrected chi connectivity index (χ1v) is 48.6.